The number of hydrazine groups is 2. The van der Waals surface area contributed by atoms with Crippen LogP contribution in [0.5, 0.6) is 0 Å². The van der Waals surface area contributed by atoms with Crippen LogP contribution >= 0.6 is 0 Å². The fraction of sp³-hybridized carbons (Fsp3) is 0.250. The molecule has 160 valence electrons. The van der Waals surface area contributed by atoms with Gasteiger partial charge in [0.1, 0.15) is 0 Å². The number of anilines is 2. The molecule has 7 rings (SSSR count). The van der Waals surface area contributed by atoms with Gasteiger partial charge in [0.05, 0.1) is 35.0 Å². The van der Waals surface area contributed by atoms with E-state index in [1.54, 1.807) is 24.3 Å². The Balaban J connectivity index is 1.31. The minimum Gasteiger partial charge on any atom is -0.289 e. The first-order valence-corrected chi connectivity index (χ1v) is 10.6. The van der Waals surface area contributed by atoms with Crippen LogP contribution in [0.3, 0.4) is 0 Å². The van der Waals surface area contributed by atoms with E-state index in [1.165, 1.54) is 0 Å². The summed E-state index contributed by atoms with van der Waals surface area (Å²) in [6.45, 7) is 0. The van der Waals surface area contributed by atoms with E-state index in [0.29, 0.717) is 11.4 Å². The average Bonchev–Trinajstić information content (AvgIpc) is 3.24. The summed E-state index contributed by atoms with van der Waals surface area (Å²) in [5, 5.41) is 2.13. The van der Waals surface area contributed by atoms with Crippen molar-refractivity contribution in [2.75, 3.05) is 10.9 Å². The summed E-state index contributed by atoms with van der Waals surface area (Å²) in [4.78, 5) is 53.1. The molecule has 3 aliphatic carbocycles. The van der Waals surface area contributed by atoms with Gasteiger partial charge >= 0.3 is 0 Å². The van der Waals surface area contributed by atoms with Crippen molar-refractivity contribution in [2.24, 2.45) is 35.5 Å². The molecule has 0 radical (unpaired) electrons. The Morgan fingerprint density at radius 2 is 0.812 bits per heavy atom. The van der Waals surface area contributed by atoms with Crippen molar-refractivity contribution >= 4 is 35.0 Å². The molecular weight excluding hydrogens is 408 g/mol. The molecule has 0 aromatic heterocycles. The molecule has 4 amide bonds. The highest BCUT2D eigenvalue weighted by Gasteiger charge is 2.69. The van der Waals surface area contributed by atoms with Crippen molar-refractivity contribution in [3.63, 3.8) is 0 Å². The fourth-order valence-corrected chi connectivity index (χ4v) is 5.73. The lowest BCUT2D eigenvalue weighted by Crippen LogP contribution is -2.50. The fourth-order valence-electron chi connectivity index (χ4n) is 5.73. The zero-order valence-electron chi connectivity index (χ0n) is 16.9. The van der Waals surface area contributed by atoms with Crippen LogP contribution < -0.4 is 10.9 Å². The maximum atomic E-state index is 13.3. The second-order valence-corrected chi connectivity index (χ2v) is 8.62. The molecule has 2 unspecified atom stereocenters. The number of hydrogen-bond acceptors (Lipinski definition) is 6. The maximum Gasteiger partial charge on any atom is 0.252 e. The van der Waals surface area contributed by atoms with E-state index in [1.807, 2.05) is 48.6 Å². The highest BCUT2D eigenvalue weighted by Crippen LogP contribution is 2.57. The molecule has 0 spiro atoms. The largest absolute Gasteiger partial charge is 0.289 e. The molecule has 2 aromatic carbocycles. The van der Waals surface area contributed by atoms with Gasteiger partial charge in [0.2, 0.25) is 0 Å². The van der Waals surface area contributed by atoms with Gasteiger partial charge in [0.25, 0.3) is 23.6 Å². The predicted molar refractivity (Wildman–Crippen MR) is 114 cm³/mol. The SMILES string of the molecule is O=C1[C@@H]2C3C=CC([C@H]4C(=O)N(Nc5ccccc5)C(=O)[C@@H]34)[C@@H]2C(=O)N1Nc1ccccc1. The van der Waals surface area contributed by atoms with Crippen molar-refractivity contribution in [1.82, 2.24) is 10.0 Å². The van der Waals surface area contributed by atoms with Crippen LogP contribution in [-0.2, 0) is 19.2 Å². The van der Waals surface area contributed by atoms with E-state index in [4.69, 9.17) is 0 Å². The Hall–Kier alpha value is -3.94. The van der Waals surface area contributed by atoms with Crippen molar-refractivity contribution < 1.29 is 19.2 Å². The van der Waals surface area contributed by atoms with Crippen molar-refractivity contribution in [3.8, 4) is 0 Å². The molecule has 2 bridgehead atoms. The van der Waals surface area contributed by atoms with Gasteiger partial charge in [-0.25, -0.2) is 0 Å². The highest BCUT2D eigenvalue weighted by atomic mass is 16.2. The Bertz CT molecular complexity index is 1030. The monoisotopic (exact) mass is 428 g/mol. The molecule has 1 saturated carbocycles. The zero-order chi connectivity index (χ0) is 22.0. The quantitative estimate of drug-likeness (QED) is 0.571. The van der Waals surface area contributed by atoms with Gasteiger partial charge in [0, 0.05) is 11.8 Å². The van der Waals surface area contributed by atoms with E-state index in [9.17, 15) is 19.2 Å². The number of benzene rings is 2. The first-order valence-electron chi connectivity index (χ1n) is 10.6. The topological polar surface area (TPSA) is 98.8 Å². The Morgan fingerprint density at radius 1 is 0.500 bits per heavy atom. The molecule has 6 atom stereocenters. The third kappa shape index (κ3) is 2.49. The van der Waals surface area contributed by atoms with Gasteiger partial charge in [-0.3, -0.25) is 30.0 Å². The Kier molecular flexibility index (Phi) is 3.98. The number of para-hydroxylation sites is 2. The number of carbonyl (C=O) groups is 4. The third-order valence-corrected chi connectivity index (χ3v) is 7.04. The normalized spacial score (nSPS) is 32.4. The molecular formula is C24H20N4O4. The van der Waals surface area contributed by atoms with Crippen LogP contribution in [-0.4, -0.2) is 33.6 Å². The number of carbonyl (C=O) groups excluding carboxylic acids is 4. The van der Waals surface area contributed by atoms with Gasteiger partial charge in [-0.15, -0.1) is 0 Å². The molecule has 5 aliphatic rings. The molecule has 32 heavy (non-hydrogen) atoms. The summed E-state index contributed by atoms with van der Waals surface area (Å²) in [5.74, 6) is -4.99. The standard InChI is InChI=1S/C24H20N4O4/c29-21-17-15-11-12-16(18(17)22(30)27(21)25-13-7-3-1-4-8-13)20-19(15)23(31)28(24(20)32)26-14-9-5-2-6-10-14/h1-12,15-20,25-26H/t15?,16?,17-,18+,19+,20-. The van der Waals surface area contributed by atoms with Crippen LogP contribution in [0.2, 0.25) is 0 Å². The second-order valence-electron chi connectivity index (χ2n) is 8.62. The Morgan fingerprint density at radius 3 is 1.12 bits per heavy atom. The van der Waals surface area contributed by atoms with Crippen LogP contribution in [0.15, 0.2) is 72.8 Å². The van der Waals surface area contributed by atoms with E-state index in [-0.39, 0.29) is 23.6 Å². The van der Waals surface area contributed by atoms with E-state index >= 15 is 0 Å². The molecule has 8 heteroatoms. The van der Waals surface area contributed by atoms with Gasteiger partial charge in [-0.1, -0.05) is 48.6 Å². The smallest absolute Gasteiger partial charge is 0.252 e. The molecule has 2 N–H and O–H groups in total. The number of rotatable bonds is 4. The lowest BCUT2D eigenvalue weighted by molar-refractivity contribution is -0.138. The van der Waals surface area contributed by atoms with Crippen LogP contribution in [0.4, 0.5) is 11.4 Å². The van der Waals surface area contributed by atoms with Crippen LogP contribution in [0.25, 0.3) is 0 Å². The van der Waals surface area contributed by atoms with E-state index in [2.05, 4.69) is 10.9 Å². The van der Waals surface area contributed by atoms with Crippen LogP contribution in [0.1, 0.15) is 0 Å². The summed E-state index contributed by atoms with van der Waals surface area (Å²) in [6.07, 6.45) is 3.70. The predicted octanol–water partition coefficient (Wildman–Crippen LogP) is 2.06. The van der Waals surface area contributed by atoms with E-state index < -0.39 is 35.5 Å². The second kappa shape index (κ2) is 6.78. The number of hydrogen-bond donors (Lipinski definition) is 2. The minimum atomic E-state index is -0.650. The van der Waals surface area contributed by atoms with Crippen molar-refractivity contribution in [1.29, 1.82) is 0 Å². The van der Waals surface area contributed by atoms with Gasteiger partial charge in [0.15, 0.2) is 0 Å². The van der Waals surface area contributed by atoms with E-state index in [0.717, 1.165) is 10.0 Å². The summed E-state index contributed by atoms with van der Waals surface area (Å²) in [5.41, 5.74) is 7.07. The summed E-state index contributed by atoms with van der Waals surface area (Å²) < 4.78 is 0. The first-order chi connectivity index (χ1) is 15.6. The molecule has 2 aliphatic heterocycles. The molecule has 2 heterocycles. The number of nitrogens with one attached hydrogen (secondary N) is 2. The number of imide groups is 2. The minimum absolute atomic E-state index is 0.351. The van der Waals surface area contributed by atoms with Crippen molar-refractivity contribution in [2.45, 2.75) is 0 Å². The summed E-state index contributed by atoms with van der Waals surface area (Å²) in [6, 6.07) is 18.0. The number of allylic oxidation sites excluding steroid dienone is 2. The molecule has 8 nitrogen and oxygen atoms in total. The molecule has 3 fully saturated rings. The van der Waals surface area contributed by atoms with Crippen molar-refractivity contribution in [3.05, 3.63) is 72.8 Å². The third-order valence-electron chi connectivity index (χ3n) is 7.04. The molecule has 2 aromatic rings. The summed E-state index contributed by atoms with van der Waals surface area (Å²) >= 11 is 0. The number of amides is 4. The lowest BCUT2D eigenvalue weighted by Gasteiger charge is -2.44. The highest BCUT2D eigenvalue weighted by molar-refractivity contribution is 6.11. The molecule has 2 saturated heterocycles. The average molecular weight is 428 g/mol. The van der Waals surface area contributed by atoms with Gasteiger partial charge < -0.3 is 0 Å². The lowest BCUT2D eigenvalue weighted by atomic mass is 9.54. The maximum absolute atomic E-state index is 13.3. The van der Waals surface area contributed by atoms with Crippen LogP contribution in [0, 0.1) is 35.5 Å². The summed E-state index contributed by atoms with van der Waals surface area (Å²) in [7, 11) is 0. The zero-order valence-corrected chi connectivity index (χ0v) is 16.9. The van der Waals surface area contributed by atoms with Gasteiger partial charge in [-0.05, 0) is 24.3 Å². The first kappa shape index (κ1) is 18.8. The van der Waals surface area contributed by atoms with Gasteiger partial charge in [-0.2, -0.15) is 10.0 Å². The number of nitrogens with zero attached hydrogens (tertiary/aromatic N) is 2. The Labute approximate surface area is 183 Å².